The second-order valence-corrected chi connectivity index (χ2v) is 9.25. The number of ketones is 1. The Balaban J connectivity index is 1.57. The fourth-order valence-electron chi connectivity index (χ4n) is 4.38. The zero-order valence-corrected chi connectivity index (χ0v) is 18.7. The summed E-state index contributed by atoms with van der Waals surface area (Å²) in [6, 6.07) is 13.9. The SMILES string of the molecule is CN1C(=O)c2ccccc2N2C(=O)CCC12C(=O)OCC(=O)c1ccc(C(C)(C)C)cc1. The lowest BCUT2D eigenvalue weighted by Gasteiger charge is -2.46. The van der Waals surface area contributed by atoms with Crippen molar-refractivity contribution in [2.45, 2.75) is 44.7 Å². The van der Waals surface area contributed by atoms with E-state index < -0.39 is 18.2 Å². The standard InChI is InChI=1S/C25H26N2O5/c1-24(2,3)17-11-9-16(10-12-17)20(28)15-32-23(31)25-14-13-21(29)27(25)19-8-6-5-7-18(19)22(30)26(25)4/h5-12H,13-15H2,1-4H3. The molecular weight excluding hydrogens is 408 g/mol. The van der Waals surface area contributed by atoms with E-state index in [1.54, 1.807) is 36.4 Å². The Hall–Kier alpha value is -3.48. The molecule has 166 valence electrons. The summed E-state index contributed by atoms with van der Waals surface area (Å²) in [5.74, 6) is -1.77. The highest BCUT2D eigenvalue weighted by atomic mass is 16.5. The number of anilines is 1. The predicted molar refractivity (Wildman–Crippen MR) is 118 cm³/mol. The van der Waals surface area contributed by atoms with Gasteiger partial charge in [-0.05, 0) is 23.1 Å². The minimum Gasteiger partial charge on any atom is -0.454 e. The number of Topliss-reactive ketones (excluding diaryl/α,β-unsaturated/α-hetero) is 1. The number of para-hydroxylation sites is 1. The summed E-state index contributed by atoms with van der Waals surface area (Å²) < 4.78 is 5.41. The van der Waals surface area contributed by atoms with Gasteiger partial charge in [0.2, 0.25) is 11.6 Å². The number of ether oxygens (including phenoxy) is 1. The first-order valence-corrected chi connectivity index (χ1v) is 10.6. The Morgan fingerprint density at radius 3 is 2.34 bits per heavy atom. The molecule has 2 aliphatic rings. The van der Waals surface area contributed by atoms with Gasteiger partial charge in [0.15, 0.2) is 12.4 Å². The zero-order valence-electron chi connectivity index (χ0n) is 18.7. The summed E-state index contributed by atoms with van der Waals surface area (Å²) in [6.07, 6.45) is 0.207. The van der Waals surface area contributed by atoms with Gasteiger partial charge in [0.1, 0.15) is 0 Å². The van der Waals surface area contributed by atoms with E-state index in [9.17, 15) is 19.2 Å². The van der Waals surface area contributed by atoms with Crippen molar-refractivity contribution in [1.82, 2.24) is 4.90 Å². The highest BCUT2D eigenvalue weighted by molar-refractivity contribution is 6.15. The third-order valence-electron chi connectivity index (χ3n) is 6.28. The maximum absolute atomic E-state index is 13.3. The van der Waals surface area contributed by atoms with Crippen LogP contribution in [0.1, 0.15) is 59.9 Å². The van der Waals surface area contributed by atoms with Crippen LogP contribution < -0.4 is 4.90 Å². The molecule has 0 radical (unpaired) electrons. The van der Waals surface area contributed by atoms with Crippen LogP contribution in [0.5, 0.6) is 0 Å². The lowest BCUT2D eigenvalue weighted by Crippen LogP contribution is -2.67. The van der Waals surface area contributed by atoms with Gasteiger partial charge in [0, 0.05) is 25.5 Å². The summed E-state index contributed by atoms with van der Waals surface area (Å²) >= 11 is 0. The Labute approximate surface area is 187 Å². The molecule has 1 unspecified atom stereocenters. The Kier molecular flexibility index (Phi) is 5.15. The zero-order chi connectivity index (χ0) is 23.3. The lowest BCUT2D eigenvalue weighted by atomic mass is 9.86. The predicted octanol–water partition coefficient (Wildman–Crippen LogP) is 3.32. The van der Waals surface area contributed by atoms with Gasteiger partial charge in [0.05, 0.1) is 11.3 Å². The molecule has 0 spiro atoms. The summed E-state index contributed by atoms with van der Waals surface area (Å²) in [4.78, 5) is 54.2. The topological polar surface area (TPSA) is 84.0 Å². The second kappa shape index (κ2) is 7.58. The Bertz CT molecular complexity index is 1120. The van der Waals surface area contributed by atoms with Crippen LogP contribution >= 0.6 is 0 Å². The van der Waals surface area contributed by atoms with E-state index in [0.29, 0.717) is 16.8 Å². The first-order valence-electron chi connectivity index (χ1n) is 10.6. The fraction of sp³-hybridized carbons (Fsp3) is 0.360. The van der Waals surface area contributed by atoms with Gasteiger partial charge in [-0.3, -0.25) is 19.3 Å². The molecule has 0 saturated carbocycles. The van der Waals surface area contributed by atoms with Gasteiger partial charge in [-0.25, -0.2) is 4.79 Å². The van der Waals surface area contributed by atoms with Gasteiger partial charge in [-0.15, -0.1) is 0 Å². The molecule has 2 aromatic rings. The maximum atomic E-state index is 13.3. The second-order valence-electron chi connectivity index (χ2n) is 9.25. The molecule has 2 amide bonds. The molecule has 4 rings (SSSR count). The minimum absolute atomic E-state index is 0.0416. The van der Waals surface area contributed by atoms with E-state index in [1.807, 2.05) is 12.1 Å². The van der Waals surface area contributed by atoms with Crippen molar-refractivity contribution in [1.29, 1.82) is 0 Å². The van der Waals surface area contributed by atoms with Gasteiger partial charge in [-0.1, -0.05) is 57.2 Å². The number of hydrogen-bond acceptors (Lipinski definition) is 5. The van der Waals surface area contributed by atoms with Gasteiger partial charge in [0.25, 0.3) is 5.91 Å². The molecule has 0 bridgehead atoms. The molecular formula is C25H26N2O5. The number of fused-ring (bicyclic) bond motifs is 3. The normalized spacial score (nSPS) is 20.1. The molecule has 2 heterocycles. The number of esters is 1. The van der Waals surface area contributed by atoms with Crippen LogP contribution in [0.15, 0.2) is 48.5 Å². The van der Waals surface area contributed by atoms with E-state index >= 15 is 0 Å². The van der Waals surface area contributed by atoms with E-state index in [2.05, 4.69) is 20.8 Å². The maximum Gasteiger partial charge on any atom is 0.354 e. The quantitative estimate of drug-likeness (QED) is 0.545. The van der Waals surface area contributed by atoms with Crippen LogP contribution in [-0.2, 0) is 19.7 Å². The number of benzene rings is 2. The number of rotatable bonds is 4. The highest BCUT2D eigenvalue weighted by Gasteiger charge is 2.60. The van der Waals surface area contributed by atoms with Crippen LogP contribution in [0.4, 0.5) is 5.69 Å². The molecule has 0 N–H and O–H groups in total. The summed E-state index contributed by atoms with van der Waals surface area (Å²) in [6.45, 7) is 5.78. The molecule has 1 saturated heterocycles. The number of likely N-dealkylation sites (N-methyl/N-ethyl adjacent to an activating group) is 1. The molecule has 0 aliphatic carbocycles. The van der Waals surface area contributed by atoms with Crippen LogP contribution in [0.25, 0.3) is 0 Å². The number of carbonyl (C=O) groups is 4. The van der Waals surface area contributed by atoms with E-state index in [4.69, 9.17) is 4.74 Å². The first-order chi connectivity index (χ1) is 15.1. The van der Waals surface area contributed by atoms with Gasteiger partial charge < -0.3 is 9.64 Å². The molecule has 32 heavy (non-hydrogen) atoms. The fourth-order valence-corrected chi connectivity index (χ4v) is 4.38. The average Bonchev–Trinajstić information content (AvgIpc) is 3.13. The van der Waals surface area contributed by atoms with E-state index in [-0.39, 0.29) is 35.9 Å². The van der Waals surface area contributed by atoms with Crippen molar-refractivity contribution < 1.29 is 23.9 Å². The Morgan fingerprint density at radius 1 is 1.03 bits per heavy atom. The van der Waals surface area contributed by atoms with Crippen LogP contribution in [0.3, 0.4) is 0 Å². The highest BCUT2D eigenvalue weighted by Crippen LogP contribution is 2.44. The Morgan fingerprint density at radius 2 is 1.69 bits per heavy atom. The molecule has 2 aliphatic heterocycles. The van der Waals surface area contributed by atoms with Crippen LogP contribution in [-0.4, -0.2) is 47.8 Å². The van der Waals surface area contributed by atoms with Gasteiger partial charge in [-0.2, -0.15) is 0 Å². The minimum atomic E-state index is -1.58. The molecule has 2 aromatic carbocycles. The van der Waals surface area contributed by atoms with Crippen molar-refractivity contribution in [2.75, 3.05) is 18.6 Å². The van der Waals surface area contributed by atoms with Crippen molar-refractivity contribution >= 4 is 29.3 Å². The third kappa shape index (κ3) is 3.28. The monoisotopic (exact) mass is 434 g/mol. The van der Waals surface area contributed by atoms with E-state index in [0.717, 1.165) is 5.56 Å². The summed E-state index contributed by atoms with van der Waals surface area (Å²) in [5.41, 5.74) is 0.633. The third-order valence-corrected chi connectivity index (χ3v) is 6.28. The average molecular weight is 434 g/mol. The van der Waals surface area contributed by atoms with Gasteiger partial charge >= 0.3 is 5.97 Å². The molecule has 7 nitrogen and oxygen atoms in total. The molecule has 0 aromatic heterocycles. The van der Waals surface area contributed by atoms with Crippen LogP contribution in [0.2, 0.25) is 0 Å². The molecule has 7 heteroatoms. The molecule has 1 fully saturated rings. The molecule has 1 atom stereocenters. The van der Waals surface area contributed by atoms with E-state index in [1.165, 1.54) is 16.8 Å². The summed E-state index contributed by atoms with van der Waals surface area (Å²) in [5, 5.41) is 0. The van der Waals surface area contributed by atoms with Crippen molar-refractivity contribution in [3.63, 3.8) is 0 Å². The number of hydrogen-bond donors (Lipinski definition) is 0. The first kappa shape index (κ1) is 21.7. The number of carbonyl (C=O) groups excluding carboxylic acids is 4. The smallest absolute Gasteiger partial charge is 0.354 e. The van der Waals surface area contributed by atoms with Crippen molar-refractivity contribution in [2.24, 2.45) is 0 Å². The number of amides is 2. The summed E-state index contributed by atoms with van der Waals surface area (Å²) in [7, 11) is 1.48. The van der Waals surface area contributed by atoms with Crippen molar-refractivity contribution in [3.05, 3.63) is 65.2 Å². The van der Waals surface area contributed by atoms with Crippen LogP contribution in [0, 0.1) is 0 Å². The van der Waals surface area contributed by atoms with Crippen molar-refractivity contribution in [3.8, 4) is 0 Å². The number of nitrogens with zero attached hydrogens (tertiary/aromatic N) is 2. The lowest BCUT2D eigenvalue weighted by molar-refractivity contribution is -0.155. The largest absolute Gasteiger partial charge is 0.454 e.